The van der Waals surface area contributed by atoms with Crippen molar-refractivity contribution < 1.29 is 34.2 Å². The zero-order chi connectivity index (χ0) is 26.1. The number of carbonyl (C=O) groups is 5. The van der Waals surface area contributed by atoms with Crippen molar-refractivity contribution in [2.75, 3.05) is 18.8 Å². The van der Waals surface area contributed by atoms with E-state index in [4.69, 9.17) is 22.3 Å². The molecule has 0 aromatic carbocycles. The number of unbranched alkanes of at least 4 members (excludes halogenated alkanes) is 2. The Bertz CT molecular complexity index is 682. The van der Waals surface area contributed by atoms with E-state index in [2.05, 4.69) is 28.6 Å². The summed E-state index contributed by atoms with van der Waals surface area (Å²) in [5, 5.41) is 25.5. The Balaban J connectivity index is 5.21. The van der Waals surface area contributed by atoms with Crippen molar-refractivity contribution >= 4 is 42.3 Å². The van der Waals surface area contributed by atoms with Crippen LogP contribution in [-0.2, 0) is 24.0 Å². The van der Waals surface area contributed by atoms with Gasteiger partial charge >= 0.3 is 11.9 Å². The Kier molecular flexibility index (Phi) is 16.7. The van der Waals surface area contributed by atoms with Crippen LogP contribution in [0.15, 0.2) is 0 Å². The lowest BCUT2D eigenvalue weighted by atomic mass is 10.1. The van der Waals surface area contributed by atoms with Gasteiger partial charge in [0.1, 0.15) is 18.1 Å². The van der Waals surface area contributed by atoms with Crippen LogP contribution in [0.4, 0.5) is 0 Å². The largest absolute Gasteiger partial charge is 0.481 e. The van der Waals surface area contributed by atoms with E-state index in [0.717, 1.165) is 0 Å². The average Bonchev–Trinajstić information content (AvgIpc) is 2.79. The standard InChI is InChI=1S/C20H38N6O7S/c21-9-3-1-5-13(18(30)25-14(20(32)33)6-2-4-10-22)24-19(31)15(11-34)26-17(29)12(23)7-8-16(27)28/h12-15,34H,1-11,21-23H2,(H,24,31)(H,25,30)(H,26,29)(H,27,28)(H,32,33). The molecular weight excluding hydrogens is 468 g/mol. The van der Waals surface area contributed by atoms with Crippen molar-refractivity contribution in [2.45, 2.75) is 75.5 Å². The predicted octanol–water partition coefficient (Wildman–Crippen LogP) is -2.09. The van der Waals surface area contributed by atoms with Crippen LogP contribution in [0.2, 0.25) is 0 Å². The summed E-state index contributed by atoms with van der Waals surface area (Å²) >= 11 is 4.06. The molecule has 0 aliphatic rings. The zero-order valence-electron chi connectivity index (χ0n) is 19.2. The molecule has 11 N–H and O–H groups in total. The molecule has 13 nitrogen and oxygen atoms in total. The molecule has 0 spiro atoms. The van der Waals surface area contributed by atoms with Gasteiger partial charge in [0.25, 0.3) is 0 Å². The molecule has 14 heteroatoms. The lowest BCUT2D eigenvalue weighted by molar-refractivity contribution is -0.142. The lowest BCUT2D eigenvalue weighted by Gasteiger charge is -2.24. The summed E-state index contributed by atoms with van der Waals surface area (Å²) < 4.78 is 0. The first-order chi connectivity index (χ1) is 16.1. The first kappa shape index (κ1) is 31.6. The van der Waals surface area contributed by atoms with Crippen LogP contribution < -0.4 is 33.2 Å². The van der Waals surface area contributed by atoms with Gasteiger partial charge in [0, 0.05) is 12.2 Å². The fraction of sp³-hybridized carbons (Fsp3) is 0.750. The van der Waals surface area contributed by atoms with Gasteiger partial charge in [0.05, 0.1) is 6.04 Å². The molecule has 3 amide bonds. The Morgan fingerprint density at radius 3 is 1.65 bits per heavy atom. The van der Waals surface area contributed by atoms with Gasteiger partial charge in [-0.15, -0.1) is 0 Å². The van der Waals surface area contributed by atoms with E-state index in [0.29, 0.717) is 38.8 Å². The first-order valence-corrected chi connectivity index (χ1v) is 11.8. The molecule has 0 saturated heterocycles. The van der Waals surface area contributed by atoms with E-state index in [1.807, 2.05) is 0 Å². The summed E-state index contributed by atoms with van der Waals surface area (Å²) in [5.41, 5.74) is 16.6. The van der Waals surface area contributed by atoms with Crippen LogP contribution in [0.5, 0.6) is 0 Å². The highest BCUT2D eigenvalue weighted by molar-refractivity contribution is 7.80. The number of hydrogen-bond acceptors (Lipinski definition) is 9. The molecular formula is C20H38N6O7S. The fourth-order valence-corrected chi connectivity index (χ4v) is 3.20. The first-order valence-electron chi connectivity index (χ1n) is 11.2. The van der Waals surface area contributed by atoms with Crippen molar-refractivity contribution in [1.82, 2.24) is 16.0 Å². The predicted molar refractivity (Wildman–Crippen MR) is 128 cm³/mol. The zero-order valence-corrected chi connectivity index (χ0v) is 20.1. The van der Waals surface area contributed by atoms with E-state index >= 15 is 0 Å². The molecule has 0 fully saturated rings. The van der Waals surface area contributed by atoms with Crippen molar-refractivity contribution in [1.29, 1.82) is 0 Å². The molecule has 0 rings (SSSR count). The molecule has 4 unspecified atom stereocenters. The van der Waals surface area contributed by atoms with Crippen molar-refractivity contribution in [3.8, 4) is 0 Å². The maximum absolute atomic E-state index is 12.8. The summed E-state index contributed by atoms with van der Waals surface area (Å²) in [4.78, 5) is 59.9. The monoisotopic (exact) mass is 506 g/mol. The molecule has 0 aliphatic carbocycles. The number of carbonyl (C=O) groups excluding carboxylic acids is 3. The Morgan fingerprint density at radius 2 is 1.18 bits per heavy atom. The topological polar surface area (TPSA) is 240 Å². The number of nitrogens with two attached hydrogens (primary N) is 3. The highest BCUT2D eigenvalue weighted by Crippen LogP contribution is 2.06. The van der Waals surface area contributed by atoms with E-state index in [9.17, 15) is 29.1 Å². The highest BCUT2D eigenvalue weighted by atomic mass is 32.1. The third kappa shape index (κ3) is 13.3. The van der Waals surface area contributed by atoms with Crippen LogP contribution in [0.3, 0.4) is 0 Å². The number of nitrogens with one attached hydrogen (secondary N) is 3. The molecule has 0 bridgehead atoms. The minimum absolute atomic E-state index is 0.114. The Labute approximate surface area is 204 Å². The number of aliphatic carboxylic acids is 2. The van der Waals surface area contributed by atoms with E-state index in [1.54, 1.807) is 0 Å². The van der Waals surface area contributed by atoms with Crippen molar-refractivity contribution in [2.24, 2.45) is 17.2 Å². The third-order valence-electron chi connectivity index (χ3n) is 4.96. The average molecular weight is 507 g/mol. The number of amides is 3. The Morgan fingerprint density at radius 1 is 0.706 bits per heavy atom. The summed E-state index contributed by atoms with van der Waals surface area (Å²) in [7, 11) is 0. The molecule has 0 radical (unpaired) electrons. The quantitative estimate of drug-likeness (QED) is 0.0683. The summed E-state index contributed by atoms with van der Waals surface area (Å²) in [5.74, 6) is -4.54. The maximum atomic E-state index is 12.8. The summed E-state index contributed by atoms with van der Waals surface area (Å²) in [6.07, 6.45) is 2.16. The van der Waals surface area contributed by atoms with Crippen LogP contribution in [0.25, 0.3) is 0 Å². The van der Waals surface area contributed by atoms with Gasteiger partial charge in [-0.25, -0.2) is 4.79 Å². The molecule has 196 valence electrons. The van der Waals surface area contributed by atoms with Gasteiger partial charge in [-0.05, 0) is 58.0 Å². The fourth-order valence-electron chi connectivity index (χ4n) is 2.94. The van der Waals surface area contributed by atoms with Gasteiger partial charge in [-0.3, -0.25) is 19.2 Å². The molecule has 0 aromatic heterocycles. The number of carboxylic acid groups (broad SMARTS) is 2. The summed E-state index contributed by atoms with van der Waals surface area (Å²) in [6, 6.07) is -4.48. The molecule has 34 heavy (non-hydrogen) atoms. The Hall–Kier alpha value is -2.42. The van der Waals surface area contributed by atoms with Crippen LogP contribution in [0.1, 0.15) is 51.4 Å². The SMILES string of the molecule is NCCCCC(NC(=O)C(CCCCN)NC(=O)C(CS)NC(=O)C(N)CCC(=O)O)C(=O)O. The second-order valence-corrected chi connectivity index (χ2v) is 8.18. The normalized spacial score (nSPS) is 14.4. The van der Waals surface area contributed by atoms with Gasteiger partial charge in [0.15, 0.2) is 0 Å². The molecule has 0 heterocycles. The second-order valence-electron chi connectivity index (χ2n) is 7.81. The van der Waals surface area contributed by atoms with Crippen LogP contribution >= 0.6 is 12.6 Å². The number of carboxylic acids is 2. The number of thiol groups is 1. The van der Waals surface area contributed by atoms with Gasteiger partial charge < -0.3 is 43.4 Å². The minimum atomic E-state index is -1.20. The maximum Gasteiger partial charge on any atom is 0.326 e. The van der Waals surface area contributed by atoms with Gasteiger partial charge in [0.2, 0.25) is 17.7 Å². The van der Waals surface area contributed by atoms with E-state index in [1.165, 1.54) is 0 Å². The van der Waals surface area contributed by atoms with Crippen molar-refractivity contribution in [3.05, 3.63) is 0 Å². The van der Waals surface area contributed by atoms with E-state index < -0.39 is 53.8 Å². The van der Waals surface area contributed by atoms with Crippen molar-refractivity contribution in [3.63, 3.8) is 0 Å². The van der Waals surface area contributed by atoms with Crippen LogP contribution in [0, 0.1) is 0 Å². The van der Waals surface area contributed by atoms with Gasteiger partial charge in [-0.1, -0.05) is 0 Å². The third-order valence-corrected chi connectivity index (χ3v) is 5.33. The molecule has 0 saturated carbocycles. The number of hydrogen-bond donors (Lipinski definition) is 9. The second kappa shape index (κ2) is 18.0. The molecule has 4 atom stereocenters. The summed E-state index contributed by atoms with van der Waals surface area (Å²) in [6.45, 7) is 0.775. The molecule has 0 aromatic rings. The highest BCUT2D eigenvalue weighted by Gasteiger charge is 2.29. The minimum Gasteiger partial charge on any atom is -0.481 e. The number of rotatable bonds is 19. The molecule has 0 aliphatic heterocycles. The van der Waals surface area contributed by atoms with E-state index in [-0.39, 0.29) is 31.4 Å². The van der Waals surface area contributed by atoms with Crippen LogP contribution in [-0.4, -0.2) is 82.9 Å². The smallest absolute Gasteiger partial charge is 0.326 e. The van der Waals surface area contributed by atoms with Gasteiger partial charge in [-0.2, -0.15) is 12.6 Å². The lowest BCUT2D eigenvalue weighted by Crippen LogP contribution is -2.57.